The summed E-state index contributed by atoms with van der Waals surface area (Å²) in [5.74, 6) is 0.569. The number of piperidine rings is 1. The zero-order valence-corrected chi connectivity index (χ0v) is 18.7. The average Bonchev–Trinajstić information content (AvgIpc) is 3.10. The molecule has 0 radical (unpaired) electrons. The Bertz CT molecular complexity index is 920. The molecule has 6 heteroatoms. The van der Waals surface area contributed by atoms with Crippen molar-refractivity contribution >= 4 is 33.3 Å². The number of rotatable bonds is 2. The number of hydrogen-bond donors (Lipinski definition) is 0. The Morgan fingerprint density at radius 1 is 1.21 bits per heavy atom. The molecule has 0 atom stereocenters. The van der Waals surface area contributed by atoms with Gasteiger partial charge in [0.2, 0.25) is 0 Å². The summed E-state index contributed by atoms with van der Waals surface area (Å²) in [6.07, 6.45) is 6.18. The van der Waals surface area contributed by atoms with Crippen LogP contribution < -0.4 is 0 Å². The van der Waals surface area contributed by atoms with Crippen LogP contribution in [0.25, 0.3) is 15.9 Å². The van der Waals surface area contributed by atoms with Gasteiger partial charge in [-0.05, 0) is 78.7 Å². The van der Waals surface area contributed by atoms with Crippen LogP contribution in [0.4, 0.5) is 4.79 Å². The van der Waals surface area contributed by atoms with E-state index in [2.05, 4.69) is 36.2 Å². The van der Waals surface area contributed by atoms with E-state index in [-0.39, 0.29) is 6.09 Å². The van der Waals surface area contributed by atoms with Crippen LogP contribution in [0.5, 0.6) is 0 Å². The number of likely N-dealkylation sites (tertiary alicyclic amines) is 1. The van der Waals surface area contributed by atoms with Crippen molar-refractivity contribution in [2.45, 2.75) is 58.0 Å². The Balaban J connectivity index is 1.59. The lowest BCUT2D eigenvalue weighted by molar-refractivity contribution is 0.0347. The fourth-order valence-electron chi connectivity index (χ4n) is 4.03. The summed E-state index contributed by atoms with van der Waals surface area (Å²) in [6, 6.07) is 6.41. The fourth-order valence-corrected chi connectivity index (χ4v) is 5.15. The monoisotopic (exact) mass is 413 g/mol. The van der Waals surface area contributed by atoms with E-state index >= 15 is 0 Å². The van der Waals surface area contributed by atoms with Crippen molar-refractivity contribution in [3.8, 4) is 0 Å². The maximum atomic E-state index is 12.7. The van der Waals surface area contributed by atoms with Crippen molar-refractivity contribution in [3.05, 3.63) is 34.8 Å². The second-order valence-corrected chi connectivity index (χ2v) is 10.2. The van der Waals surface area contributed by atoms with Crippen molar-refractivity contribution in [2.24, 2.45) is 0 Å². The molecule has 0 N–H and O–H groups in total. The minimum Gasteiger partial charge on any atom is -0.443 e. The summed E-state index contributed by atoms with van der Waals surface area (Å²) in [4.78, 5) is 21.9. The molecule has 29 heavy (non-hydrogen) atoms. The topological polar surface area (TPSA) is 45.7 Å². The molecule has 0 aliphatic carbocycles. The van der Waals surface area contributed by atoms with Gasteiger partial charge < -0.3 is 9.64 Å². The van der Waals surface area contributed by atoms with E-state index in [1.807, 2.05) is 32.1 Å². The van der Waals surface area contributed by atoms with Gasteiger partial charge in [-0.15, -0.1) is 11.3 Å². The Kier molecular flexibility index (Phi) is 5.67. The van der Waals surface area contributed by atoms with Crippen molar-refractivity contribution in [2.75, 3.05) is 26.7 Å². The number of nitrogens with zero attached hydrogens (tertiary/aromatic N) is 3. The fraction of sp³-hybridized carbons (Fsp3) is 0.565. The number of ether oxygens (including phenoxy) is 1. The average molecular weight is 414 g/mol. The Morgan fingerprint density at radius 2 is 1.97 bits per heavy atom. The minimum atomic E-state index is -0.499. The summed E-state index contributed by atoms with van der Waals surface area (Å²) < 4.78 is 6.86. The molecule has 2 aromatic rings. The lowest BCUT2D eigenvalue weighted by Gasteiger charge is -2.31. The molecule has 1 aromatic heterocycles. The van der Waals surface area contributed by atoms with Gasteiger partial charge in [-0.2, -0.15) is 0 Å². The summed E-state index contributed by atoms with van der Waals surface area (Å²) in [7, 11) is 2.19. The summed E-state index contributed by atoms with van der Waals surface area (Å²) in [5.41, 5.74) is 2.53. The van der Waals surface area contributed by atoms with Crippen LogP contribution >= 0.6 is 11.3 Å². The van der Waals surface area contributed by atoms with Crippen molar-refractivity contribution in [1.82, 2.24) is 14.8 Å². The molecule has 1 saturated heterocycles. The first-order chi connectivity index (χ1) is 13.8. The SMILES string of the molecule is CN1CCC(c2nc3cc(C4=CCCCN4C(=O)OC(C)(C)C)ccc3s2)CC1. The highest BCUT2D eigenvalue weighted by Crippen LogP contribution is 2.35. The molecule has 3 heterocycles. The van der Waals surface area contributed by atoms with Gasteiger partial charge in [-0.25, -0.2) is 9.78 Å². The van der Waals surface area contributed by atoms with Crippen LogP contribution in [0, 0.1) is 0 Å². The molecular formula is C23H31N3O2S. The van der Waals surface area contributed by atoms with Crippen LogP contribution in [0.1, 0.15) is 62.9 Å². The van der Waals surface area contributed by atoms with E-state index in [0.717, 1.165) is 42.7 Å². The van der Waals surface area contributed by atoms with Crippen molar-refractivity contribution in [1.29, 1.82) is 0 Å². The number of benzene rings is 1. The van der Waals surface area contributed by atoms with E-state index in [9.17, 15) is 4.79 Å². The molecule has 1 fully saturated rings. The van der Waals surface area contributed by atoms with E-state index in [0.29, 0.717) is 12.5 Å². The van der Waals surface area contributed by atoms with Gasteiger partial charge in [0.1, 0.15) is 5.60 Å². The summed E-state index contributed by atoms with van der Waals surface area (Å²) in [6.45, 7) is 8.70. The normalized spacial score (nSPS) is 19.4. The van der Waals surface area contributed by atoms with Crippen molar-refractivity contribution < 1.29 is 9.53 Å². The van der Waals surface area contributed by atoms with E-state index < -0.39 is 5.60 Å². The van der Waals surface area contributed by atoms with Crippen LogP contribution in [0.15, 0.2) is 24.3 Å². The lowest BCUT2D eigenvalue weighted by Crippen LogP contribution is -2.37. The highest BCUT2D eigenvalue weighted by molar-refractivity contribution is 7.18. The van der Waals surface area contributed by atoms with Crippen LogP contribution in [-0.2, 0) is 4.74 Å². The number of carbonyl (C=O) groups excluding carboxylic acids is 1. The molecule has 0 unspecified atom stereocenters. The molecule has 156 valence electrons. The molecule has 1 aromatic carbocycles. The second kappa shape index (κ2) is 8.07. The Morgan fingerprint density at radius 3 is 2.69 bits per heavy atom. The number of allylic oxidation sites excluding steroid dienone is 1. The standard InChI is InChI=1S/C23H31N3O2S/c1-23(2,3)28-22(27)26-12-6-5-7-19(26)17-8-9-20-18(15-17)24-21(29-20)16-10-13-25(4)14-11-16/h7-9,15-16H,5-6,10-14H2,1-4H3. The molecule has 1 amide bonds. The number of amides is 1. The highest BCUT2D eigenvalue weighted by Gasteiger charge is 2.27. The number of carbonyl (C=O) groups is 1. The molecule has 0 spiro atoms. The molecule has 2 aliphatic rings. The number of hydrogen-bond acceptors (Lipinski definition) is 5. The maximum absolute atomic E-state index is 12.7. The zero-order valence-electron chi connectivity index (χ0n) is 17.9. The largest absolute Gasteiger partial charge is 0.443 e. The molecular weight excluding hydrogens is 382 g/mol. The summed E-state index contributed by atoms with van der Waals surface area (Å²) in [5, 5.41) is 1.26. The van der Waals surface area contributed by atoms with Gasteiger partial charge in [0.15, 0.2) is 0 Å². The first kappa shape index (κ1) is 20.4. The molecule has 5 nitrogen and oxygen atoms in total. The number of fused-ring (bicyclic) bond motifs is 1. The highest BCUT2D eigenvalue weighted by atomic mass is 32.1. The third kappa shape index (κ3) is 4.64. The van der Waals surface area contributed by atoms with Crippen LogP contribution in [0.3, 0.4) is 0 Å². The van der Waals surface area contributed by atoms with Gasteiger partial charge in [0, 0.05) is 18.0 Å². The maximum Gasteiger partial charge on any atom is 0.414 e. The zero-order chi connectivity index (χ0) is 20.6. The van der Waals surface area contributed by atoms with Crippen LogP contribution in [-0.4, -0.2) is 53.2 Å². The van der Waals surface area contributed by atoms with Gasteiger partial charge >= 0.3 is 6.09 Å². The van der Waals surface area contributed by atoms with Gasteiger partial charge in [0.05, 0.1) is 20.9 Å². The molecule has 0 bridgehead atoms. The Hall–Kier alpha value is -1.92. The Labute approximate surface area is 177 Å². The van der Waals surface area contributed by atoms with E-state index in [1.165, 1.54) is 22.5 Å². The smallest absolute Gasteiger partial charge is 0.414 e. The molecule has 4 rings (SSSR count). The quantitative estimate of drug-likeness (QED) is 0.654. The molecule has 0 saturated carbocycles. The minimum absolute atomic E-state index is 0.270. The van der Waals surface area contributed by atoms with Gasteiger partial charge in [-0.1, -0.05) is 12.1 Å². The molecule has 2 aliphatic heterocycles. The number of thiazole rings is 1. The van der Waals surface area contributed by atoms with Gasteiger partial charge in [-0.3, -0.25) is 4.90 Å². The first-order valence-electron chi connectivity index (χ1n) is 10.6. The predicted octanol–water partition coefficient (Wildman–Crippen LogP) is 5.48. The van der Waals surface area contributed by atoms with Crippen LogP contribution in [0.2, 0.25) is 0 Å². The third-order valence-corrected chi connectivity index (χ3v) is 6.79. The van der Waals surface area contributed by atoms with Gasteiger partial charge in [0.25, 0.3) is 0 Å². The number of aromatic nitrogens is 1. The van der Waals surface area contributed by atoms with E-state index in [1.54, 1.807) is 4.90 Å². The summed E-state index contributed by atoms with van der Waals surface area (Å²) >= 11 is 1.82. The lowest BCUT2D eigenvalue weighted by atomic mass is 9.98. The predicted molar refractivity (Wildman–Crippen MR) is 119 cm³/mol. The first-order valence-corrected chi connectivity index (χ1v) is 11.4. The van der Waals surface area contributed by atoms with Crippen molar-refractivity contribution in [3.63, 3.8) is 0 Å². The van der Waals surface area contributed by atoms with E-state index in [4.69, 9.17) is 9.72 Å². The second-order valence-electron chi connectivity index (χ2n) is 9.18. The third-order valence-electron chi connectivity index (χ3n) is 5.60.